The van der Waals surface area contributed by atoms with Gasteiger partial charge in [-0.05, 0) is 61.4 Å². The third-order valence-corrected chi connectivity index (χ3v) is 5.46. The highest BCUT2D eigenvalue weighted by Crippen LogP contribution is 2.24. The molecule has 2 rings (SSSR count). The number of hydrogen-bond acceptors (Lipinski definition) is 4. The summed E-state index contributed by atoms with van der Waals surface area (Å²) >= 11 is 0. The second-order valence-corrected chi connectivity index (χ2v) is 7.60. The molecular weight excluding hydrogens is 336 g/mol. The first kappa shape index (κ1) is 19.1. The second-order valence-electron chi connectivity index (χ2n) is 5.95. The first-order valence-corrected chi connectivity index (χ1v) is 9.96. The van der Waals surface area contributed by atoms with Gasteiger partial charge in [0.05, 0.1) is 12.0 Å². The zero-order chi connectivity index (χ0) is 18.3. The maximum atomic E-state index is 12.6. The molecule has 0 aliphatic heterocycles. The van der Waals surface area contributed by atoms with E-state index < -0.39 is 10.0 Å². The van der Waals surface area contributed by atoms with Crippen LogP contribution in [0.25, 0.3) is 0 Å². The Morgan fingerprint density at radius 1 is 1.00 bits per heavy atom. The van der Waals surface area contributed by atoms with Crippen molar-refractivity contribution in [1.29, 1.82) is 0 Å². The van der Waals surface area contributed by atoms with E-state index in [1.807, 2.05) is 12.1 Å². The number of aryl methyl sites for hydroxylation is 1. The largest absolute Gasteiger partial charge is 0.497 e. The van der Waals surface area contributed by atoms with Crippen molar-refractivity contribution < 1.29 is 13.2 Å². The van der Waals surface area contributed by atoms with Gasteiger partial charge in [0.2, 0.25) is 0 Å². The highest BCUT2D eigenvalue weighted by molar-refractivity contribution is 7.92. The van der Waals surface area contributed by atoms with E-state index >= 15 is 0 Å². The van der Waals surface area contributed by atoms with E-state index in [1.54, 1.807) is 44.4 Å². The number of sulfonamides is 1. The summed E-state index contributed by atoms with van der Waals surface area (Å²) in [5, 5.41) is 3.33. The monoisotopic (exact) mass is 362 g/mol. The molecule has 2 aromatic rings. The molecule has 0 aliphatic rings. The van der Waals surface area contributed by atoms with Crippen molar-refractivity contribution in [3.63, 3.8) is 0 Å². The van der Waals surface area contributed by atoms with Gasteiger partial charge in [-0.1, -0.05) is 19.8 Å². The van der Waals surface area contributed by atoms with Gasteiger partial charge in [-0.2, -0.15) is 0 Å². The standard InChI is InChI=1S/C19H26N2O3S/c1-4-5-6-13-20-16-7-9-17(10-8-16)21-25(22,23)19-12-11-18(24-3)14-15(19)2/h7-12,14,20-21H,4-6,13H2,1-3H3. The molecule has 0 aromatic heterocycles. The minimum atomic E-state index is -3.63. The summed E-state index contributed by atoms with van der Waals surface area (Å²) in [7, 11) is -2.08. The number of unbranched alkanes of at least 4 members (excludes halogenated alkanes) is 2. The summed E-state index contributed by atoms with van der Waals surface area (Å²) in [6.07, 6.45) is 3.51. The number of hydrogen-bond donors (Lipinski definition) is 2. The molecule has 2 aromatic carbocycles. The fourth-order valence-corrected chi connectivity index (χ4v) is 3.81. The third-order valence-electron chi connectivity index (χ3n) is 3.92. The Morgan fingerprint density at radius 2 is 1.68 bits per heavy atom. The topological polar surface area (TPSA) is 67.4 Å². The van der Waals surface area contributed by atoms with Crippen molar-refractivity contribution in [1.82, 2.24) is 0 Å². The Bertz CT molecular complexity index is 787. The smallest absolute Gasteiger partial charge is 0.262 e. The normalized spacial score (nSPS) is 11.2. The molecule has 0 radical (unpaired) electrons. The van der Waals surface area contributed by atoms with E-state index in [4.69, 9.17) is 4.74 Å². The Balaban J connectivity index is 2.05. The van der Waals surface area contributed by atoms with Crippen molar-refractivity contribution in [2.24, 2.45) is 0 Å². The molecule has 5 nitrogen and oxygen atoms in total. The van der Waals surface area contributed by atoms with E-state index in [-0.39, 0.29) is 4.90 Å². The van der Waals surface area contributed by atoms with E-state index in [0.717, 1.165) is 18.7 Å². The van der Waals surface area contributed by atoms with Gasteiger partial charge < -0.3 is 10.1 Å². The molecule has 6 heteroatoms. The van der Waals surface area contributed by atoms with Crippen molar-refractivity contribution in [3.05, 3.63) is 48.0 Å². The molecule has 0 amide bonds. The molecule has 25 heavy (non-hydrogen) atoms. The van der Waals surface area contributed by atoms with Gasteiger partial charge in [0.15, 0.2) is 0 Å². The lowest BCUT2D eigenvalue weighted by molar-refractivity contribution is 0.414. The summed E-state index contributed by atoms with van der Waals surface area (Å²) in [6.45, 7) is 4.84. The third kappa shape index (κ3) is 5.39. The maximum absolute atomic E-state index is 12.6. The highest BCUT2D eigenvalue weighted by Gasteiger charge is 2.17. The lowest BCUT2D eigenvalue weighted by atomic mass is 10.2. The number of rotatable bonds is 9. The van der Waals surface area contributed by atoms with Gasteiger partial charge in [-0.3, -0.25) is 4.72 Å². The summed E-state index contributed by atoms with van der Waals surface area (Å²) in [4.78, 5) is 0.245. The molecule has 2 N–H and O–H groups in total. The van der Waals surface area contributed by atoms with Gasteiger partial charge in [0.1, 0.15) is 5.75 Å². The number of methoxy groups -OCH3 is 1. The average Bonchev–Trinajstić information content (AvgIpc) is 2.59. The molecule has 0 bridgehead atoms. The van der Waals surface area contributed by atoms with Crippen LogP contribution < -0.4 is 14.8 Å². The predicted octanol–water partition coefficient (Wildman–Crippen LogP) is 4.41. The molecule has 0 fully saturated rings. The van der Waals surface area contributed by atoms with E-state index in [1.165, 1.54) is 12.8 Å². The van der Waals surface area contributed by atoms with Crippen molar-refractivity contribution in [2.45, 2.75) is 38.0 Å². The number of ether oxygens (including phenoxy) is 1. The van der Waals surface area contributed by atoms with Crippen LogP contribution in [0.2, 0.25) is 0 Å². The van der Waals surface area contributed by atoms with Crippen LogP contribution >= 0.6 is 0 Å². The molecule has 0 saturated carbocycles. The predicted molar refractivity (Wildman–Crippen MR) is 103 cm³/mol. The van der Waals surface area contributed by atoms with E-state index in [2.05, 4.69) is 17.0 Å². The van der Waals surface area contributed by atoms with Crippen molar-refractivity contribution in [2.75, 3.05) is 23.7 Å². The zero-order valence-electron chi connectivity index (χ0n) is 15.0. The molecule has 0 spiro atoms. The van der Waals surface area contributed by atoms with Crippen LogP contribution in [0.1, 0.15) is 31.7 Å². The first-order valence-electron chi connectivity index (χ1n) is 8.47. The van der Waals surface area contributed by atoms with Crippen LogP contribution in [0.5, 0.6) is 5.75 Å². The van der Waals surface area contributed by atoms with Crippen LogP contribution in [0, 0.1) is 6.92 Å². The number of benzene rings is 2. The Kier molecular flexibility index (Phi) is 6.70. The molecule has 0 saturated heterocycles. The summed E-state index contributed by atoms with van der Waals surface area (Å²) in [5.74, 6) is 0.634. The van der Waals surface area contributed by atoms with Crippen LogP contribution in [-0.4, -0.2) is 22.1 Å². The van der Waals surface area contributed by atoms with Gasteiger partial charge in [0, 0.05) is 17.9 Å². The highest BCUT2D eigenvalue weighted by atomic mass is 32.2. The molecule has 0 unspecified atom stereocenters. The van der Waals surface area contributed by atoms with E-state index in [0.29, 0.717) is 17.0 Å². The van der Waals surface area contributed by atoms with Gasteiger partial charge >= 0.3 is 0 Å². The Morgan fingerprint density at radius 3 is 2.28 bits per heavy atom. The fraction of sp³-hybridized carbons (Fsp3) is 0.368. The SMILES string of the molecule is CCCCCNc1ccc(NS(=O)(=O)c2ccc(OC)cc2C)cc1. The number of nitrogens with one attached hydrogen (secondary N) is 2. The summed E-state index contributed by atoms with van der Waals surface area (Å²) in [6, 6.07) is 12.2. The lowest BCUT2D eigenvalue weighted by Gasteiger charge is -2.12. The van der Waals surface area contributed by atoms with Gasteiger partial charge in [0.25, 0.3) is 10.0 Å². The molecular formula is C19H26N2O3S. The van der Waals surface area contributed by atoms with E-state index in [9.17, 15) is 8.42 Å². The second kappa shape index (κ2) is 8.76. The molecule has 0 heterocycles. The van der Waals surface area contributed by atoms with Gasteiger partial charge in [-0.25, -0.2) is 8.42 Å². The number of anilines is 2. The van der Waals surface area contributed by atoms with Crippen LogP contribution in [0.3, 0.4) is 0 Å². The van der Waals surface area contributed by atoms with Crippen molar-refractivity contribution in [3.8, 4) is 5.75 Å². The van der Waals surface area contributed by atoms with Gasteiger partial charge in [-0.15, -0.1) is 0 Å². The van der Waals surface area contributed by atoms with Crippen LogP contribution in [-0.2, 0) is 10.0 Å². The van der Waals surface area contributed by atoms with Crippen LogP contribution in [0.15, 0.2) is 47.4 Å². The van der Waals surface area contributed by atoms with Crippen LogP contribution in [0.4, 0.5) is 11.4 Å². The summed E-state index contributed by atoms with van der Waals surface area (Å²) in [5.41, 5.74) is 2.16. The minimum absolute atomic E-state index is 0.245. The zero-order valence-corrected chi connectivity index (χ0v) is 15.8. The molecule has 136 valence electrons. The first-order chi connectivity index (χ1) is 12.0. The fourth-order valence-electron chi connectivity index (χ4n) is 2.52. The summed E-state index contributed by atoms with van der Waals surface area (Å²) < 4.78 is 32.9. The molecule has 0 aliphatic carbocycles. The Labute approximate surface area is 150 Å². The Hall–Kier alpha value is -2.21. The molecule has 0 atom stereocenters. The quantitative estimate of drug-likeness (QED) is 0.649. The lowest BCUT2D eigenvalue weighted by Crippen LogP contribution is -2.14. The minimum Gasteiger partial charge on any atom is -0.497 e. The maximum Gasteiger partial charge on any atom is 0.262 e. The average molecular weight is 362 g/mol. The van der Waals surface area contributed by atoms with Crippen molar-refractivity contribution >= 4 is 21.4 Å².